The number of nitriles is 1. The van der Waals surface area contributed by atoms with Crippen LogP contribution in [-0.4, -0.2) is 42.6 Å². The Morgan fingerprint density at radius 2 is 2.04 bits per heavy atom. The molecule has 0 unspecified atom stereocenters. The summed E-state index contributed by atoms with van der Waals surface area (Å²) >= 11 is 6.01. The van der Waals surface area contributed by atoms with E-state index in [1.807, 2.05) is 4.90 Å². The highest BCUT2D eigenvalue weighted by Gasteiger charge is 2.32. The average molecular weight is 347 g/mol. The lowest BCUT2D eigenvalue weighted by atomic mass is 10.2. The molecule has 0 radical (unpaired) electrons. The van der Waals surface area contributed by atoms with Crippen molar-refractivity contribution in [2.24, 2.45) is 0 Å². The highest BCUT2D eigenvalue weighted by molar-refractivity contribution is 6.33. The number of anilines is 1. The molecule has 1 aromatic heterocycles. The minimum atomic E-state index is -4.44. The Morgan fingerprint density at radius 3 is 2.70 bits per heavy atom. The largest absolute Gasteiger partial charge is 0.417 e. The number of nitrogens with zero attached hydrogens (tertiary/aromatic N) is 4. The van der Waals surface area contributed by atoms with E-state index in [1.54, 1.807) is 0 Å². The fourth-order valence-electron chi connectivity index (χ4n) is 2.61. The van der Waals surface area contributed by atoms with Gasteiger partial charge in [-0.3, -0.25) is 0 Å². The van der Waals surface area contributed by atoms with Gasteiger partial charge in [0.2, 0.25) is 0 Å². The highest BCUT2D eigenvalue weighted by atomic mass is 35.5. The summed E-state index contributed by atoms with van der Waals surface area (Å²) in [5.41, 5.74) is -0.834. The van der Waals surface area contributed by atoms with E-state index in [0.29, 0.717) is 25.3 Å². The molecular weight excluding hydrogens is 329 g/mol. The van der Waals surface area contributed by atoms with Crippen LogP contribution in [-0.2, 0) is 6.18 Å². The summed E-state index contributed by atoms with van der Waals surface area (Å²) in [6.07, 6.45) is -1.36. The summed E-state index contributed by atoms with van der Waals surface area (Å²) in [7, 11) is 0. The standard InChI is InChI=1S/C15H18ClF3N4/c16-13-10-12(15(17,18)19)11-21-14(13)23-7-3-6-22(8-9-23)5-2-1-4-20/h10-11H,1-3,5-9H2. The van der Waals surface area contributed by atoms with Gasteiger partial charge >= 0.3 is 6.18 Å². The van der Waals surface area contributed by atoms with E-state index in [9.17, 15) is 13.2 Å². The van der Waals surface area contributed by atoms with Crippen LogP contribution in [0.5, 0.6) is 0 Å². The Balaban J connectivity index is 2.01. The minimum Gasteiger partial charge on any atom is -0.354 e. The van der Waals surface area contributed by atoms with E-state index in [2.05, 4.69) is 16.0 Å². The molecule has 2 heterocycles. The number of rotatable bonds is 4. The molecular formula is C15H18ClF3N4. The highest BCUT2D eigenvalue weighted by Crippen LogP contribution is 2.33. The lowest BCUT2D eigenvalue weighted by molar-refractivity contribution is -0.137. The summed E-state index contributed by atoms with van der Waals surface area (Å²) in [6.45, 7) is 3.90. The molecule has 0 bridgehead atoms. The lowest BCUT2D eigenvalue weighted by Crippen LogP contribution is -2.32. The zero-order valence-electron chi connectivity index (χ0n) is 12.6. The summed E-state index contributed by atoms with van der Waals surface area (Å²) in [6, 6.07) is 3.06. The predicted molar refractivity (Wildman–Crippen MR) is 82.4 cm³/mol. The van der Waals surface area contributed by atoms with E-state index >= 15 is 0 Å². The first-order chi connectivity index (χ1) is 10.9. The van der Waals surface area contributed by atoms with Crippen LogP contribution in [0.15, 0.2) is 12.3 Å². The van der Waals surface area contributed by atoms with Crippen LogP contribution in [0.4, 0.5) is 19.0 Å². The number of unbranched alkanes of at least 4 members (excludes halogenated alkanes) is 1. The first kappa shape index (κ1) is 17.8. The van der Waals surface area contributed by atoms with Gasteiger partial charge in [-0.2, -0.15) is 18.4 Å². The molecule has 0 aromatic carbocycles. The van der Waals surface area contributed by atoms with E-state index < -0.39 is 11.7 Å². The van der Waals surface area contributed by atoms with Gasteiger partial charge in [0.15, 0.2) is 0 Å². The summed E-state index contributed by atoms with van der Waals surface area (Å²) in [5, 5.41) is 8.60. The van der Waals surface area contributed by atoms with Gasteiger partial charge in [0.05, 0.1) is 16.7 Å². The Morgan fingerprint density at radius 1 is 1.26 bits per heavy atom. The fourth-order valence-corrected chi connectivity index (χ4v) is 2.89. The Labute approximate surface area is 138 Å². The quantitative estimate of drug-likeness (QED) is 0.782. The van der Waals surface area contributed by atoms with Gasteiger partial charge in [0.25, 0.3) is 0 Å². The molecule has 1 saturated heterocycles. The molecule has 1 fully saturated rings. The van der Waals surface area contributed by atoms with Crippen LogP contribution in [0, 0.1) is 11.3 Å². The van der Waals surface area contributed by atoms with Crippen LogP contribution in [0.3, 0.4) is 0 Å². The molecule has 2 rings (SSSR count). The predicted octanol–water partition coefficient (Wildman–Crippen LogP) is 3.57. The van der Waals surface area contributed by atoms with Gasteiger partial charge in [-0.05, 0) is 32.0 Å². The molecule has 0 saturated carbocycles. The van der Waals surface area contributed by atoms with E-state index in [1.165, 1.54) is 0 Å². The van der Waals surface area contributed by atoms with Crippen molar-refractivity contribution in [1.82, 2.24) is 9.88 Å². The van der Waals surface area contributed by atoms with Crippen LogP contribution >= 0.6 is 11.6 Å². The molecule has 1 aromatic rings. The van der Waals surface area contributed by atoms with Crippen molar-refractivity contribution in [3.05, 3.63) is 22.8 Å². The van der Waals surface area contributed by atoms with Gasteiger partial charge in [-0.1, -0.05) is 11.6 Å². The SMILES string of the molecule is N#CCCCN1CCCN(c2ncc(C(F)(F)F)cc2Cl)CC1. The van der Waals surface area contributed by atoms with E-state index in [-0.39, 0.29) is 5.02 Å². The molecule has 0 amide bonds. The van der Waals surface area contributed by atoms with Gasteiger partial charge in [0, 0.05) is 32.3 Å². The van der Waals surface area contributed by atoms with Crippen molar-refractivity contribution in [3.8, 4) is 6.07 Å². The Hall–Kier alpha value is -1.52. The van der Waals surface area contributed by atoms with Gasteiger partial charge in [-0.15, -0.1) is 0 Å². The normalized spacial score (nSPS) is 16.9. The maximum absolute atomic E-state index is 12.7. The summed E-state index contributed by atoms with van der Waals surface area (Å²) < 4.78 is 38.0. The van der Waals surface area contributed by atoms with Crippen molar-refractivity contribution >= 4 is 17.4 Å². The second-order valence-electron chi connectivity index (χ2n) is 5.47. The van der Waals surface area contributed by atoms with Crippen molar-refractivity contribution in [2.45, 2.75) is 25.4 Å². The van der Waals surface area contributed by atoms with Crippen LogP contribution in [0.1, 0.15) is 24.8 Å². The smallest absolute Gasteiger partial charge is 0.354 e. The van der Waals surface area contributed by atoms with Gasteiger partial charge in [0.1, 0.15) is 5.82 Å². The third-order valence-electron chi connectivity index (χ3n) is 3.80. The van der Waals surface area contributed by atoms with Gasteiger partial charge in [-0.25, -0.2) is 4.98 Å². The van der Waals surface area contributed by atoms with Crippen molar-refractivity contribution < 1.29 is 13.2 Å². The van der Waals surface area contributed by atoms with Crippen molar-refractivity contribution in [1.29, 1.82) is 5.26 Å². The number of aromatic nitrogens is 1. The zero-order chi connectivity index (χ0) is 16.9. The number of pyridine rings is 1. The third-order valence-corrected chi connectivity index (χ3v) is 4.08. The number of hydrogen-bond acceptors (Lipinski definition) is 4. The second kappa shape index (κ2) is 7.84. The Bertz CT molecular complexity index is 571. The second-order valence-corrected chi connectivity index (χ2v) is 5.88. The van der Waals surface area contributed by atoms with Crippen molar-refractivity contribution in [2.75, 3.05) is 37.6 Å². The van der Waals surface area contributed by atoms with E-state index in [4.69, 9.17) is 16.9 Å². The van der Waals surface area contributed by atoms with E-state index in [0.717, 1.165) is 44.7 Å². The molecule has 0 N–H and O–H groups in total. The monoisotopic (exact) mass is 346 g/mol. The first-order valence-corrected chi connectivity index (χ1v) is 7.86. The molecule has 8 heteroatoms. The van der Waals surface area contributed by atoms with Gasteiger partial charge < -0.3 is 9.80 Å². The average Bonchev–Trinajstić information content (AvgIpc) is 2.72. The summed E-state index contributed by atoms with van der Waals surface area (Å²) in [4.78, 5) is 8.11. The molecule has 0 spiro atoms. The number of halogens is 4. The molecule has 126 valence electrons. The molecule has 1 aliphatic heterocycles. The summed E-state index contributed by atoms with van der Waals surface area (Å²) in [5.74, 6) is 0.401. The lowest BCUT2D eigenvalue weighted by Gasteiger charge is -2.23. The maximum atomic E-state index is 12.7. The fraction of sp³-hybridized carbons (Fsp3) is 0.600. The van der Waals surface area contributed by atoms with Crippen LogP contribution in [0.25, 0.3) is 0 Å². The Kier molecular flexibility index (Phi) is 6.08. The number of alkyl halides is 3. The first-order valence-electron chi connectivity index (χ1n) is 7.49. The maximum Gasteiger partial charge on any atom is 0.417 e. The molecule has 0 atom stereocenters. The zero-order valence-corrected chi connectivity index (χ0v) is 13.4. The molecule has 0 aliphatic carbocycles. The van der Waals surface area contributed by atoms with Crippen LogP contribution < -0.4 is 4.90 Å². The van der Waals surface area contributed by atoms with Crippen molar-refractivity contribution in [3.63, 3.8) is 0 Å². The third kappa shape index (κ3) is 4.98. The molecule has 4 nitrogen and oxygen atoms in total. The molecule has 1 aliphatic rings. The topological polar surface area (TPSA) is 43.2 Å². The number of hydrogen-bond donors (Lipinski definition) is 0. The van der Waals surface area contributed by atoms with Crippen LogP contribution in [0.2, 0.25) is 5.02 Å². The minimum absolute atomic E-state index is 0.0257. The molecule has 23 heavy (non-hydrogen) atoms.